The van der Waals surface area contributed by atoms with E-state index in [1.807, 2.05) is 0 Å². The first kappa shape index (κ1) is 23.1. The van der Waals surface area contributed by atoms with Crippen LogP contribution >= 0.6 is 0 Å². The standard InChI is InChI=1S/C30H48O2/c1-18-11-14-28(6)24(32)17-30(8)20(25(28)19(18)2)9-10-22-27(5)15-13-23(31)26(3,4)21(27)12-16-29(22,30)7/h18-22,25H,9-17H2,1-8H3/t18-,19-,20-,21+,22-,25-,27+,28-,29-,30-/m1/s1. The quantitative estimate of drug-likeness (QED) is 0.391. The molecule has 0 aromatic rings. The van der Waals surface area contributed by atoms with Crippen molar-refractivity contribution in [1.29, 1.82) is 0 Å². The van der Waals surface area contributed by atoms with Crippen molar-refractivity contribution < 1.29 is 9.59 Å². The highest BCUT2D eigenvalue weighted by Gasteiger charge is 2.71. The Balaban J connectivity index is 1.58. The van der Waals surface area contributed by atoms with Gasteiger partial charge in [-0.15, -0.1) is 0 Å². The van der Waals surface area contributed by atoms with Crippen LogP contribution in [0, 0.1) is 62.6 Å². The monoisotopic (exact) mass is 440 g/mol. The Kier molecular flexibility index (Phi) is 4.85. The van der Waals surface area contributed by atoms with E-state index in [4.69, 9.17) is 0 Å². The molecule has 5 rings (SSSR count). The van der Waals surface area contributed by atoms with Crippen molar-refractivity contribution in [3.8, 4) is 0 Å². The minimum atomic E-state index is -0.194. The molecule has 5 saturated carbocycles. The van der Waals surface area contributed by atoms with E-state index in [1.54, 1.807) is 0 Å². The van der Waals surface area contributed by atoms with E-state index >= 15 is 0 Å². The number of hydrogen-bond acceptors (Lipinski definition) is 2. The second kappa shape index (κ2) is 6.72. The minimum absolute atomic E-state index is 0.0976. The van der Waals surface area contributed by atoms with Crippen LogP contribution < -0.4 is 0 Å². The van der Waals surface area contributed by atoms with Gasteiger partial charge < -0.3 is 0 Å². The van der Waals surface area contributed by atoms with Gasteiger partial charge in [0.15, 0.2) is 0 Å². The van der Waals surface area contributed by atoms with Gasteiger partial charge in [-0.25, -0.2) is 0 Å². The maximum atomic E-state index is 13.9. The van der Waals surface area contributed by atoms with Gasteiger partial charge >= 0.3 is 0 Å². The highest BCUT2D eigenvalue weighted by molar-refractivity contribution is 5.87. The molecule has 0 aromatic heterocycles. The molecule has 0 heterocycles. The zero-order valence-corrected chi connectivity index (χ0v) is 22.1. The summed E-state index contributed by atoms with van der Waals surface area (Å²) >= 11 is 0. The maximum Gasteiger partial charge on any atom is 0.139 e. The number of carbonyl (C=O) groups is 2. The van der Waals surface area contributed by atoms with Crippen LogP contribution in [-0.4, -0.2) is 11.6 Å². The van der Waals surface area contributed by atoms with Crippen molar-refractivity contribution in [3.63, 3.8) is 0 Å². The molecule has 0 N–H and O–H groups in total. The van der Waals surface area contributed by atoms with Crippen molar-refractivity contribution in [2.45, 2.75) is 113 Å². The third-order valence-electron chi connectivity index (χ3n) is 13.6. The predicted molar refractivity (Wildman–Crippen MR) is 130 cm³/mol. The average Bonchev–Trinajstić information content (AvgIpc) is 2.70. The summed E-state index contributed by atoms with van der Waals surface area (Å²) in [6, 6.07) is 0. The molecule has 0 saturated heterocycles. The lowest BCUT2D eigenvalue weighted by molar-refractivity contribution is -0.238. The normalized spacial score (nSPS) is 57.1. The van der Waals surface area contributed by atoms with Gasteiger partial charge in [0.05, 0.1) is 0 Å². The van der Waals surface area contributed by atoms with Crippen molar-refractivity contribution in [2.75, 3.05) is 0 Å². The fraction of sp³-hybridized carbons (Fsp3) is 0.933. The molecule has 0 bridgehead atoms. The van der Waals surface area contributed by atoms with E-state index < -0.39 is 0 Å². The van der Waals surface area contributed by atoms with E-state index in [0.717, 1.165) is 38.0 Å². The SMILES string of the molecule is C[C@H]1[C@@H]2[C@H]3CC[C@@H]4[C@@]5(C)CCC(=O)C(C)(C)[C@@H]5CC[C@@]4(C)[C@]3(C)CC(=O)[C@@]2(C)CC[C@H]1C. The summed E-state index contributed by atoms with van der Waals surface area (Å²) in [6.45, 7) is 19.4. The van der Waals surface area contributed by atoms with Crippen LogP contribution in [0.25, 0.3) is 0 Å². The number of rotatable bonds is 0. The molecule has 32 heavy (non-hydrogen) atoms. The topological polar surface area (TPSA) is 34.1 Å². The number of carbonyl (C=O) groups excluding carboxylic acids is 2. The molecule has 5 fully saturated rings. The third kappa shape index (κ3) is 2.54. The highest BCUT2D eigenvalue weighted by atomic mass is 16.1. The van der Waals surface area contributed by atoms with Crippen molar-refractivity contribution in [2.24, 2.45) is 62.6 Å². The van der Waals surface area contributed by atoms with Crippen LogP contribution in [0.1, 0.15) is 113 Å². The van der Waals surface area contributed by atoms with E-state index in [-0.39, 0.29) is 27.1 Å². The first-order valence-electron chi connectivity index (χ1n) is 13.8. The van der Waals surface area contributed by atoms with Gasteiger partial charge in [0.2, 0.25) is 0 Å². The molecule has 180 valence electrons. The molecule has 0 spiro atoms. The summed E-state index contributed by atoms with van der Waals surface area (Å²) < 4.78 is 0. The van der Waals surface area contributed by atoms with Gasteiger partial charge in [0.1, 0.15) is 11.6 Å². The van der Waals surface area contributed by atoms with E-state index in [1.165, 1.54) is 25.7 Å². The molecule has 2 heteroatoms. The summed E-state index contributed by atoms with van der Waals surface area (Å²) in [6.07, 6.45) is 9.87. The molecule has 0 unspecified atom stereocenters. The molecule has 0 aromatic carbocycles. The fourth-order valence-corrected chi connectivity index (χ4v) is 11.2. The fourth-order valence-electron chi connectivity index (χ4n) is 11.2. The van der Waals surface area contributed by atoms with Gasteiger partial charge in [-0.3, -0.25) is 9.59 Å². The molecule has 0 aliphatic heterocycles. The third-order valence-corrected chi connectivity index (χ3v) is 13.6. The average molecular weight is 441 g/mol. The van der Waals surface area contributed by atoms with Crippen LogP contribution in [0.4, 0.5) is 0 Å². The molecule has 0 amide bonds. The van der Waals surface area contributed by atoms with Gasteiger partial charge in [-0.1, -0.05) is 55.4 Å². The van der Waals surface area contributed by atoms with Crippen molar-refractivity contribution in [1.82, 2.24) is 0 Å². The van der Waals surface area contributed by atoms with Crippen LogP contribution in [-0.2, 0) is 9.59 Å². The molecular weight excluding hydrogens is 392 g/mol. The second-order valence-electron chi connectivity index (χ2n) is 14.7. The molecule has 10 atom stereocenters. The number of ketones is 2. The smallest absolute Gasteiger partial charge is 0.139 e. The second-order valence-corrected chi connectivity index (χ2v) is 14.7. The van der Waals surface area contributed by atoms with Crippen LogP contribution in [0.5, 0.6) is 0 Å². The molecule has 2 nitrogen and oxygen atoms in total. The Morgan fingerprint density at radius 1 is 0.719 bits per heavy atom. The van der Waals surface area contributed by atoms with Gasteiger partial charge in [0.25, 0.3) is 0 Å². The lowest BCUT2D eigenvalue weighted by Crippen LogP contribution is -2.68. The summed E-state index contributed by atoms with van der Waals surface area (Å²) in [5.41, 5.74) is 0.241. The zero-order valence-electron chi connectivity index (χ0n) is 22.1. The summed E-state index contributed by atoms with van der Waals surface area (Å²) in [7, 11) is 0. The molecule has 5 aliphatic rings. The highest BCUT2D eigenvalue weighted by Crippen LogP contribution is 2.76. The van der Waals surface area contributed by atoms with Gasteiger partial charge in [-0.2, -0.15) is 0 Å². The maximum absolute atomic E-state index is 13.9. The summed E-state index contributed by atoms with van der Waals surface area (Å²) in [5.74, 6) is 4.77. The largest absolute Gasteiger partial charge is 0.299 e. The lowest BCUT2D eigenvalue weighted by Gasteiger charge is -2.73. The summed E-state index contributed by atoms with van der Waals surface area (Å²) in [4.78, 5) is 26.8. The van der Waals surface area contributed by atoms with E-state index in [9.17, 15) is 9.59 Å². The molecule has 0 radical (unpaired) electrons. The Hall–Kier alpha value is -0.660. The Bertz CT molecular complexity index is 842. The first-order valence-corrected chi connectivity index (χ1v) is 13.8. The van der Waals surface area contributed by atoms with Gasteiger partial charge in [0, 0.05) is 23.7 Å². The first-order chi connectivity index (χ1) is 14.7. The van der Waals surface area contributed by atoms with Crippen molar-refractivity contribution in [3.05, 3.63) is 0 Å². The van der Waals surface area contributed by atoms with Crippen LogP contribution in [0.3, 0.4) is 0 Å². The predicted octanol–water partition coefficient (Wildman–Crippen LogP) is 7.49. The number of Topliss-reactive ketones (excluding diaryl/α,β-unsaturated/α-hetero) is 2. The Labute approximate surface area is 197 Å². The van der Waals surface area contributed by atoms with Crippen LogP contribution in [0.15, 0.2) is 0 Å². The zero-order chi connectivity index (χ0) is 23.5. The molecule has 5 aliphatic carbocycles. The number of hydrogen-bond donors (Lipinski definition) is 0. The molecular formula is C30H48O2. The minimum Gasteiger partial charge on any atom is -0.299 e. The van der Waals surface area contributed by atoms with Crippen molar-refractivity contribution >= 4 is 11.6 Å². The Morgan fingerprint density at radius 3 is 2.09 bits per heavy atom. The lowest BCUT2D eigenvalue weighted by atomic mass is 9.31. The summed E-state index contributed by atoms with van der Waals surface area (Å²) in [5, 5.41) is 0. The van der Waals surface area contributed by atoms with Crippen LogP contribution in [0.2, 0.25) is 0 Å². The Morgan fingerprint density at radius 2 is 1.41 bits per heavy atom. The number of fused-ring (bicyclic) bond motifs is 7. The van der Waals surface area contributed by atoms with Gasteiger partial charge in [-0.05, 0) is 96.7 Å². The van der Waals surface area contributed by atoms with E-state index in [0.29, 0.717) is 41.2 Å². The van der Waals surface area contributed by atoms with E-state index in [2.05, 4.69) is 55.4 Å².